The molecule has 0 saturated carbocycles. The van der Waals surface area contributed by atoms with E-state index >= 15 is 0 Å². The Hall–Kier alpha value is -0.900. The number of hydrogen-bond donors (Lipinski definition) is 1. The molecule has 3 nitrogen and oxygen atoms in total. The van der Waals surface area contributed by atoms with Crippen LogP contribution in [-0.2, 0) is 0 Å². The zero-order valence-corrected chi connectivity index (χ0v) is 14.1. The summed E-state index contributed by atoms with van der Waals surface area (Å²) in [5.41, 5.74) is 2.84. The topological polar surface area (TPSA) is 18.5 Å². The van der Waals surface area contributed by atoms with Crippen LogP contribution in [0.15, 0.2) is 24.3 Å². The summed E-state index contributed by atoms with van der Waals surface area (Å²) in [7, 11) is 2.24. The number of nitrogens with one attached hydrogen (secondary N) is 1. The molecule has 1 N–H and O–H groups in total. The molecule has 1 heterocycles. The standard InChI is InChI=1S/C18H31N3/c1-15(2)17-5-7-18(8-6-17)16(3)20(4)13-14-21-11-9-19-10-12-21/h5-8,15-16,19H,9-14H2,1-4H3. The molecular formula is C18H31N3. The third-order valence-electron chi connectivity index (χ3n) is 4.73. The summed E-state index contributed by atoms with van der Waals surface area (Å²) in [6.07, 6.45) is 0. The number of hydrogen-bond acceptors (Lipinski definition) is 3. The summed E-state index contributed by atoms with van der Waals surface area (Å²) in [6.45, 7) is 13.8. The molecule has 1 unspecified atom stereocenters. The van der Waals surface area contributed by atoms with Crippen molar-refractivity contribution in [2.45, 2.75) is 32.7 Å². The molecule has 1 aliphatic rings. The predicted octanol–water partition coefficient (Wildman–Crippen LogP) is 2.71. The van der Waals surface area contributed by atoms with Gasteiger partial charge in [0, 0.05) is 45.3 Å². The first-order valence-corrected chi connectivity index (χ1v) is 8.31. The molecule has 118 valence electrons. The number of rotatable bonds is 6. The lowest BCUT2D eigenvalue weighted by Gasteiger charge is -2.31. The van der Waals surface area contributed by atoms with Gasteiger partial charge in [-0.15, -0.1) is 0 Å². The molecule has 2 rings (SSSR count). The minimum absolute atomic E-state index is 0.481. The second-order valence-electron chi connectivity index (χ2n) is 6.57. The molecule has 1 aliphatic heterocycles. The van der Waals surface area contributed by atoms with Gasteiger partial charge in [-0.05, 0) is 31.0 Å². The first-order valence-electron chi connectivity index (χ1n) is 8.31. The van der Waals surface area contributed by atoms with Gasteiger partial charge in [-0.1, -0.05) is 38.1 Å². The van der Waals surface area contributed by atoms with Crippen LogP contribution in [0.25, 0.3) is 0 Å². The van der Waals surface area contributed by atoms with Gasteiger partial charge in [0.2, 0.25) is 0 Å². The van der Waals surface area contributed by atoms with Crippen molar-refractivity contribution in [2.75, 3.05) is 46.3 Å². The molecule has 0 aromatic heterocycles. The van der Waals surface area contributed by atoms with Gasteiger partial charge in [-0.25, -0.2) is 0 Å². The lowest BCUT2D eigenvalue weighted by Crippen LogP contribution is -2.46. The maximum absolute atomic E-state index is 3.41. The highest BCUT2D eigenvalue weighted by molar-refractivity contribution is 5.26. The molecule has 1 saturated heterocycles. The third kappa shape index (κ3) is 4.80. The smallest absolute Gasteiger partial charge is 0.0317 e. The van der Waals surface area contributed by atoms with Crippen molar-refractivity contribution < 1.29 is 0 Å². The van der Waals surface area contributed by atoms with Crippen molar-refractivity contribution >= 4 is 0 Å². The van der Waals surface area contributed by atoms with Crippen LogP contribution in [-0.4, -0.2) is 56.1 Å². The third-order valence-corrected chi connectivity index (χ3v) is 4.73. The summed E-state index contributed by atoms with van der Waals surface area (Å²) in [5, 5.41) is 3.41. The Bertz CT molecular complexity index is 407. The van der Waals surface area contributed by atoms with Crippen LogP contribution in [0.4, 0.5) is 0 Å². The van der Waals surface area contributed by atoms with Crippen molar-refractivity contribution in [1.82, 2.24) is 15.1 Å². The van der Waals surface area contributed by atoms with Gasteiger partial charge in [0.1, 0.15) is 0 Å². The van der Waals surface area contributed by atoms with E-state index in [1.807, 2.05) is 0 Å². The minimum atomic E-state index is 0.481. The van der Waals surface area contributed by atoms with Crippen LogP contribution < -0.4 is 5.32 Å². The van der Waals surface area contributed by atoms with E-state index in [0.29, 0.717) is 12.0 Å². The van der Waals surface area contributed by atoms with E-state index in [4.69, 9.17) is 0 Å². The maximum atomic E-state index is 3.41. The summed E-state index contributed by atoms with van der Waals surface area (Å²) in [5.74, 6) is 0.611. The second kappa shape index (κ2) is 7.92. The zero-order chi connectivity index (χ0) is 15.2. The maximum Gasteiger partial charge on any atom is 0.0317 e. The van der Waals surface area contributed by atoms with Gasteiger partial charge in [0.05, 0.1) is 0 Å². The monoisotopic (exact) mass is 289 g/mol. The van der Waals surface area contributed by atoms with Gasteiger partial charge in [-0.2, -0.15) is 0 Å². The zero-order valence-electron chi connectivity index (χ0n) is 14.1. The predicted molar refractivity (Wildman–Crippen MR) is 90.9 cm³/mol. The number of likely N-dealkylation sites (N-methyl/N-ethyl adjacent to an activating group) is 1. The number of nitrogens with zero attached hydrogens (tertiary/aromatic N) is 2. The van der Waals surface area contributed by atoms with Gasteiger partial charge < -0.3 is 5.32 Å². The van der Waals surface area contributed by atoms with Crippen LogP contribution in [0.5, 0.6) is 0 Å². The normalized spacial score (nSPS) is 18.4. The Labute approximate surface area is 130 Å². The van der Waals surface area contributed by atoms with Crippen molar-refractivity contribution in [3.05, 3.63) is 35.4 Å². The minimum Gasteiger partial charge on any atom is -0.314 e. The van der Waals surface area contributed by atoms with E-state index in [0.717, 1.165) is 19.6 Å². The highest BCUT2D eigenvalue weighted by atomic mass is 15.2. The SMILES string of the molecule is CC(C)c1ccc(C(C)N(C)CCN2CCNCC2)cc1. The second-order valence-corrected chi connectivity index (χ2v) is 6.57. The Morgan fingerprint density at radius 2 is 1.62 bits per heavy atom. The van der Waals surface area contributed by atoms with Gasteiger partial charge in [-0.3, -0.25) is 9.80 Å². The first-order chi connectivity index (χ1) is 10.1. The molecule has 1 fully saturated rings. The van der Waals surface area contributed by atoms with Crippen molar-refractivity contribution in [3.63, 3.8) is 0 Å². The molecule has 0 amide bonds. The van der Waals surface area contributed by atoms with Crippen LogP contribution in [0.1, 0.15) is 43.9 Å². The first kappa shape index (κ1) is 16.5. The van der Waals surface area contributed by atoms with Crippen molar-refractivity contribution in [1.29, 1.82) is 0 Å². The van der Waals surface area contributed by atoms with Gasteiger partial charge in [0.25, 0.3) is 0 Å². The Morgan fingerprint density at radius 1 is 1.05 bits per heavy atom. The van der Waals surface area contributed by atoms with E-state index in [9.17, 15) is 0 Å². The average Bonchev–Trinajstić information content (AvgIpc) is 2.53. The summed E-state index contributed by atoms with van der Waals surface area (Å²) >= 11 is 0. The summed E-state index contributed by atoms with van der Waals surface area (Å²) in [4.78, 5) is 5.02. The van der Waals surface area contributed by atoms with E-state index < -0.39 is 0 Å². The number of piperazine rings is 1. The Kier molecular flexibility index (Phi) is 6.22. The lowest BCUT2D eigenvalue weighted by molar-refractivity contribution is 0.183. The van der Waals surface area contributed by atoms with Crippen LogP contribution in [0.2, 0.25) is 0 Å². The highest BCUT2D eigenvalue weighted by Gasteiger charge is 2.14. The molecule has 3 heteroatoms. The Balaban J connectivity index is 1.84. The molecule has 1 aromatic rings. The quantitative estimate of drug-likeness (QED) is 0.869. The van der Waals surface area contributed by atoms with E-state index in [2.05, 4.69) is 67.2 Å². The molecule has 0 aliphatic carbocycles. The molecule has 0 radical (unpaired) electrons. The molecule has 1 aromatic carbocycles. The summed E-state index contributed by atoms with van der Waals surface area (Å²) < 4.78 is 0. The fourth-order valence-electron chi connectivity index (χ4n) is 2.84. The van der Waals surface area contributed by atoms with Gasteiger partial charge >= 0.3 is 0 Å². The fourth-order valence-corrected chi connectivity index (χ4v) is 2.84. The van der Waals surface area contributed by atoms with Gasteiger partial charge in [0.15, 0.2) is 0 Å². The molecule has 0 bridgehead atoms. The van der Waals surface area contributed by atoms with Crippen LogP contribution in [0, 0.1) is 0 Å². The van der Waals surface area contributed by atoms with E-state index in [1.54, 1.807) is 0 Å². The lowest BCUT2D eigenvalue weighted by atomic mass is 9.99. The van der Waals surface area contributed by atoms with E-state index in [1.165, 1.54) is 30.8 Å². The highest BCUT2D eigenvalue weighted by Crippen LogP contribution is 2.21. The molecular weight excluding hydrogens is 258 g/mol. The van der Waals surface area contributed by atoms with Crippen molar-refractivity contribution in [2.24, 2.45) is 0 Å². The van der Waals surface area contributed by atoms with Crippen molar-refractivity contribution in [3.8, 4) is 0 Å². The number of benzene rings is 1. The van der Waals surface area contributed by atoms with Crippen LogP contribution in [0.3, 0.4) is 0 Å². The average molecular weight is 289 g/mol. The Morgan fingerprint density at radius 3 is 2.19 bits per heavy atom. The molecule has 21 heavy (non-hydrogen) atoms. The molecule has 0 spiro atoms. The van der Waals surface area contributed by atoms with E-state index in [-0.39, 0.29) is 0 Å². The fraction of sp³-hybridized carbons (Fsp3) is 0.667. The summed E-state index contributed by atoms with van der Waals surface area (Å²) in [6, 6.07) is 9.62. The largest absolute Gasteiger partial charge is 0.314 e. The van der Waals surface area contributed by atoms with Crippen LogP contribution >= 0.6 is 0 Å². The molecule has 1 atom stereocenters.